The fraction of sp³-hybridized carbons (Fsp3) is 0. The van der Waals surface area contributed by atoms with E-state index in [1.807, 2.05) is 140 Å². The van der Waals surface area contributed by atoms with Crippen LogP contribution in [0.3, 0.4) is 0 Å². The predicted octanol–water partition coefficient (Wildman–Crippen LogP) is 16.7. The van der Waals surface area contributed by atoms with Crippen molar-refractivity contribution in [3.63, 3.8) is 0 Å². The number of nitrogens with zero attached hydrogens (tertiary/aromatic N) is 9. The van der Waals surface area contributed by atoms with Gasteiger partial charge in [0.1, 0.15) is 6.07 Å². The second-order valence-corrected chi connectivity index (χ2v) is 18.2. The molecule has 358 valence electrons. The smallest absolute Gasteiger partial charge is 0.161 e. The predicted molar refractivity (Wildman–Crippen MR) is 306 cm³/mol. The first-order valence-electron chi connectivity index (χ1n) is 24.9. The molecule has 0 aliphatic carbocycles. The summed E-state index contributed by atoms with van der Waals surface area (Å²) in [5.74, 6) is 0.347. The Morgan fingerprint density at radius 3 is 1.21 bits per heavy atom. The van der Waals surface area contributed by atoms with Gasteiger partial charge in [-0.25, -0.2) is 9.97 Å². The number of anilines is 6. The van der Waals surface area contributed by atoms with Gasteiger partial charge in [-0.3, -0.25) is 0 Å². The van der Waals surface area contributed by atoms with Crippen LogP contribution in [-0.2, 0) is 0 Å². The first kappa shape index (κ1) is 46.7. The van der Waals surface area contributed by atoms with E-state index in [-0.39, 0.29) is 0 Å². The topological polar surface area (TPSA) is 132 Å². The first-order chi connectivity index (χ1) is 38.0. The molecule has 0 spiro atoms. The Balaban J connectivity index is 1.01. The van der Waals surface area contributed by atoms with Crippen LogP contribution in [0, 0.1) is 45.3 Å². The maximum absolute atomic E-state index is 11.1. The molecule has 0 atom stereocenters. The van der Waals surface area contributed by atoms with Crippen LogP contribution in [-0.4, -0.2) is 14.5 Å². The van der Waals surface area contributed by atoms with Gasteiger partial charge in [-0.1, -0.05) is 127 Å². The van der Waals surface area contributed by atoms with Crippen molar-refractivity contribution < 1.29 is 0 Å². The molecule has 0 unspecified atom stereocenters. The van der Waals surface area contributed by atoms with Crippen LogP contribution in [0.4, 0.5) is 34.1 Å². The highest BCUT2D eigenvalue weighted by Gasteiger charge is 2.23. The van der Waals surface area contributed by atoms with Crippen LogP contribution in [0.2, 0.25) is 0 Å². The van der Waals surface area contributed by atoms with E-state index in [0.29, 0.717) is 61.8 Å². The summed E-state index contributed by atoms with van der Waals surface area (Å²) in [6, 6.07) is 91.2. The quantitative estimate of drug-likeness (QED) is 0.125. The lowest BCUT2D eigenvalue weighted by molar-refractivity contribution is 1.16. The number of hydrogen-bond acceptors (Lipinski definition) is 8. The lowest BCUT2D eigenvalue weighted by Crippen LogP contribution is -2.09. The lowest BCUT2D eigenvalue weighted by atomic mass is 9.95. The van der Waals surface area contributed by atoms with Crippen molar-refractivity contribution in [2.45, 2.75) is 0 Å². The molecule has 9 heteroatoms. The molecule has 0 radical (unpaired) electrons. The molecule has 2 heterocycles. The summed E-state index contributed by atoms with van der Waals surface area (Å²) >= 11 is 0. The molecule has 9 nitrogen and oxygen atoms in total. The average Bonchev–Trinajstić information content (AvgIpc) is 3.83. The van der Waals surface area contributed by atoms with E-state index in [2.05, 4.69) is 124 Å². The Kier molecular flexibility index (Phi) is 12.3. The van der Waals surface area contributed by atoms with Crippen LogP contribution in [0.5, 0.6) is 0 Å². The molecule has 0 saturated heterocycles. The SMILES string of the molecule is N#Cc1cc(-n2c3ccc(N(c4ccccc4)c4ccccc4)cc3c3cc(N(c4ccccc4)c4ccccc4)ccc32)c(C#N)cc1-c1ccc(-c2cc(-c3ccccc3C#N)nc(-c3ccccc3C#N)n2)cc1. The molecule has 0 aliphatic rings. The molecule has 10 aromatic carbocycles. The molecule has 2 aromatic heterocycles. The zero-order valence-corrected chi connectivity index (χ0v) is 41.2. The molecule has 0 aliphatic heterocycles. The highest BCUT2D eigenvalue weighted by molar-refractivity contribution is 6.12. The number of nitriles is 4. The van der Waals surface area contributed by atoms with E-state index < -0.39 is 0 Å². The van der Waals surface area contributed by atoms with Gasteiger partial charge in [0.2, 0.25) is 0 Å². The van der Waals surface area contributed by atoms with E-state index >= 15 is 0 Å². The van der Waals surface area contributed by atoms with Crippen LogP contribution in [0.1, 0.15) is 22.3 Å². The van der Waals surface area contributed by atoms with Crippen LogP contribution in [0.15, 0.2) is 249 Å². The summed E-state index contributed by atoms with van der Waals surface area (Å²) in [6.07, 6.45) is 0. The van der Waals surface area contributed by atoms with Gasteiger partial charge < -0.3 is 14.4 Å². The summed E-state index contributed by atoms with van der Waals surface area (Å²) in [5, 5.41) is 44.1. The maximum atomic E-state index is 11.1. The molecule has 0 amide bonds. The summed E-state index contributed by atoms with van der Waals surface area (Å²) in [6.45, 7) is 0. The zero-order valence-electron chi connectivity index (χ0n) is 41.2. The van der Waals surface area contributed by atoms with Gasteiger partial charge >= 0.3 is 0 Å². The van der Waals surface area contributed by atoms with Gasteiger partial charge in [-0.2, -0.15) is 21.0 Å². The second kappa shape index (κ2) is 20.3. The van der Waals surface area contributed by atoms with Gasteiger partial charge in [0, 0.05) is 67.2 Å². The molecule has 0 N–H and O–H groups in total. The molecule has 12 rings (SSSR count). The van der Waals surface area contributed by atoms with E-state index in [4.69, 9.17) is 9.97 Å². The van der Waals surface area contributed by atoms with Crippen molar-refractivity contribution >= 4 is 55.9 Å². The van der Waals surface area contributed by atoms with E-state index in [9.17, 15) is 21.0 Å². The van der Waals surface area contributed by atoms with Crippen molar-refractivity contribution in [2.24, 2.45) is 0 Å². The minimum absolute atomic E-state index is 0.347. The first-order valence-corrected chi connectivity index (χ1v) is 24.9. The third-order valence-corrected chi connectivity index (χ3v) is 13.8. The summed E-state index contributed by atoms with van der Waals surface area (Å²) in [5.41, 5.74) is 14.3. The van der Waals surface area contributed by atoms with Crippen molar-refractivity contribution in [3.8, 4) is 75.0 Å². The highest BCUT2D eigenvalue weighted by atomic mass is 15.1. The number of para-hydroxylation sites is 4. The number of fused-ring (bicyclic) bond motifs is 3. The Morgan fingerprint density at radius 1 is 0.312 bits per heavy atom. The van der Waals surface area contributed by atoms with Gasteiger partial charge in [-0.15, -0.1) is 0 Å². The average molecular weight is 984 g/mol. The summed E-state index contributed by atoms with van der Waals surface area (Å²) in [4.78, 5) is 14.3. The van der Waals surface area contributed by atoms with Crippen LogP contribution in [0.25, 0.3) is 72.5 Å². The highest BCUT2D eigenvalue weighted by Crippen LogP contribution is 2.44. The Morgan fingerprint density at radius 2 is 0.727 bits per heavy atom. The minimum atomic E-state index is 0.347. The molecular formula is C68H41N9. The van der Waals surface area contributed by atoms with Gasteiger partial charge in [-0.05, 0) is 127 Å². The molecule has 0 bridgehead atoms. The number of rotatable bonds is 11. The van der Waals surface area contributed by atoms with E-state index in [1.165, 1.54) is 0 Å². The van der Waals surface area contributed by atoms with Gasteiger partial charge in [0.15, 0.2) is 5.82 Å². The second-order valence-electron chi connectivity index (χ2n) is 18.2. The molecule has 77 heavy (non-hydrogen) atoms. The number of aromatic nitrogens is 3. The fourth-order valence-corrected chi connectivity index (χ4v) is 10.2. The Hall–Kier alpha value is -11.4. The van der Waals surface area contributed by atoms with Crippen molar-refractivity contribution in [1.29, 1.82) is 21.0 Å². The van der Waals surface area contributed by atoms with Crippen LogP contribution < -0.4 is 9.80 Å². The zero-order chi connectivity index (χ0) is 52.2. The van der Waals surface area contributed by atoms with Crippen LogP contribution >= 0.6 is 0 Å². The molecule has 0 saturated carbocycles. The fourth-order valence-electron chi connectivity index (χ4n) is 10.2. The van der Waals surface area contributed by atoms with E-state index in [1.54, 1.807) is 24.3 Å². The minimum Gasteiger partial charge on any atom is -0.310 e. The normalized spacial score (nSPS) is 10.8. The van der Waals surface area contributed by atoms with Gasteiger partial charge in [0.25, 0.3) is 0 Å². The lowest BCUT2D eigenvalue weighted by Gasteiger charge is -2.26. The molecular weight excluding hydrogens is 943 g/mol. The third kappa shape index (κ3) is 8.71. The number of hydrogen-bond donors (Lipinski definition) is 0. The standard InChI is InChI=1S/C68H41N9/c69-42-48-17-13-15-27-58(48)64-41-63(73-68(74-64)59-28-16-14-18-49(59)43-70)47-31-29-46(30-32-47)60-37-51(45-72)67(38-50(60)44-71)77-65-35-33-56(75(52-19-5-1-6-20-52)53-21-7-2-8-22-53)39-61(65)62-40-57(34-36-66(62)77)76(54-23-9-3-10-24-54)55-25-11-4-12-26-55/h1-41H. The monoisotopic (exact) mass is 983 g/mol. The maximum Gasteiger partial charge on any atom is 0.161 e. The molecule has 0 fully saturated rings. The van der Waals surface area contributed by atoms with Crippen molar-refractivity contribution in [3.05, 3.63) is 271 Å². The molecule has 12 aromatic rings. The van der Waals surface area contributed by atoms with Gasteiger partial charge in [0.05, 0.1) is 68.6 Å². The summed E-state index contributed by atoms with van der Waals surface area (Å²) in [7, 11) is 0. The van der Waals surface area contributed by atoms with Crippen molar-refractivity contribution in [2.75, 3.05) is 9.80 Å². The Bertz CT molecular complexity index is 4080. The Labute approximate surface area is 445 Å². The summed E-state index contributed by atoms with van der Waals surface area (Å²) < 4.78 is 2.11. The van der Waals surface area contributed by atoms with E-state index in [0.717, 1.165) is 67.1 Å². The number of benzene rings is 10. The largest absolute Gasteiger partial charge is 0.310 e. The van der Waals surface area contributed by atoms with Crippen molar-refractivity contribution in [1.82, 2.24) is 14.5 Å². The third-order valence-electron chi connectivity index (χ3n) is 13.8.